The van der Waals surface area contributed by atoms with E-state index in [1.54, 1.807) is 36.5 Å². The number of anilines is 1. The number of aryl methyl sites for hydroxylation is 1. The van der Waals surface area contributed by atoms with Gasteiger partial charge in [0.1, 0.15) is 11.2 Å². The minimum atomic E-state index is -0.975. The predicted molar refractivity (Wildman–Crippen MR) is 154 cm³/mol. The number of hydrogen-bond acceptors (Lipinski definition) is 6. The zero-order chi connectivity index (χ0) is 24.8. The van der Waals surface area contributed by atoms with E-state index in [9.17, 15) is 4.21 Å². The van der Waals surface area contributed by atoms with Crippen LogP contribution in [0.5, 0.6) is 0 Å². The molecule has 1 aromatic heterocycles. The van der Waals surface area contributed by atoms with Crippen LogP contribution in [-0.4, -0.2) is 24.1 Å². The van der Waals surface area contributed by atoms with Crippen molar-refractivity contribution in [3.05, 3.63) is 82.9 Å². The van der Waals surface area contributed by atoms with Gasteiger partial charge in [-0.1, -0.05) is 53.5 Å². The van der Waals surface area contributed by atoms with Gasteiger partial charge >= 0.3 is 0 Å². The third kappa shape index (κ3) is 6.01. The van der Waals surface area contributed by atoms with Crippen LogP contribution in [0.15, 0.2) is 92.6 Å². The molecule has 0 spiro atoms. The molecule has 3 aromatic rings. The molecule has 1 atom stereocenters. The largest absolute Gasteiger partial charge is 0.335 e. The van der Waals surface area contributed by atoms with Crippen LogP contribution in [0.4, 0.5) is 5.69 Å². The lowest BCUT2D eigenvalue weighted by atomic mass is 10.3. The van der Waals surface area contributed by atoms with Crippen molar-refractivity contribution in [2.24, 2.45) is 0 Å². The van der Waals surface area contributed by atoms with E-state index in [4.69, 9.17) is 4.18 Å². The third-order valence-electron chi connectivity index (χ3n) is 5.47. The van der Waals surface area contributed by atoms with Gasteiger partial charge in [0.2, 0.25) is 5.52 Å². The first kappa shape index (κ1) is 26.0. The number of thiazole rings is 1. The molecule has 0 amide bonds. The molecule has 2 heterocycles. The van der Waals surface area contributed by atoms with E-state index in [1.807, 2.05) is 24.3 Å². The Morgan fingerprint density at radius 1 is 1.09 bits per heavy atom. The molecular formula is C27H29N2O2S4+. The maximum atomic E-state index is 11.9. The Morgan fingerprint density at radius 3 is 2.63 bits per heavy atom. The molecule has 0 saturated carbocycles. The van der Waals surface area contributed by atoms with E-state index in [1.165, 1.54) is 37.2 Å². The number of hydrogen-bond donors (Lipinski definition) is 0. The summed E-state index contributed by atoms with van der Waals surface area (Å²) in [6.45, 7) is 6.10. The van der Waals surface area contributed by atoms with Crippen molar-refractivity contribution in [3.63, 3.8) is 0 Å². The number of thioether (sulfide) groups is 1. The molecule has 0 N–H and O–H groups in total. The molecule has 35 heavy (non-hydrogen) atoms. The zero-order valence-corrected chi connectivity index (χ0v) is 23.5. The maximum Gasteiger partial charge on any atom is 0.262 e. The summed E-state index contributed by atoms with van der Waals surface area (Å²) in [6, 6.07) is 12.5. The van der Waals surface area contributed by atoms with E-state index < -0.39 is 10.8 Å². The molecule has 0 radical (unpaired) electrons. The van der Waals surface area contributed by atoms with Gasteiger partial charge in [-0.25, -0.2) is 0 Å². The first-order valence-electron chi connectivity index (χ1n) is 11.4. The van der Waals surface area contributed by atoms with Gasteiger partial charge < -0.3 is 9.08 Å². The molecule has 8 heteroatoms. The van der Waals surface area contributed by atoms with Gasteiger partial charge in [0.25, 0.3) is 5.01 Å². The highest BCUT2D eigenvalue weighted by atomic mass is 32.2. The quantitative estimate of drug-likeness (QED) is 0.163. The van der Waals surface area contributed by atoms with Gasteiger partial charge in [-0.3, -0.25) is 4.21 Å². The predicted octanol–water partition coefficient (Wildman–Crippen LogP) is 7.20. The summed E-state index contributed by atoms with van der Waals surface area (Å²) in [5.74, 6) is 0. The molecule has 1 aliphatic heterocycles. The van der Waals surface area contributed by atoms with Gasteiger partial charge in [0.15, 0.2) is 0 Å². The molecule has 1 unspecified atom stereocenters. The Labute approximate surface area is 222 Å². The van der Waals surface area contributed by atoms with E-state index in [0.717, 1.165) is 28.6 Å². The summed E-state index contributed by atoms with van der Waals surface area (Å²) in [5, 5.41) is 2.41. The van der Waals surface area contributed by atoms with Crippen LogP contribution in [0, 0.1) is 0 Å². The molecule has 4 rings (SSSR count). The number of aromatic nitrogens is 1. The minimum Gasteiger partial charge on any atom is -0.335 e. The minimum absolute atomic E-state index is 0.867. The van der Waals surface area contributed by atoms with Gasteiger partial charge in [-0.15, -0.1) is 0 Å². The SMILES string of the molecule is CCN1/C(=C/C=C/C=C/C=C/c2sc3ccc(SOC)cc3[n+]2CC)Sc2ccc(S(C)=O)cc21. The second-order valence-electron chi connectivity index (χ2n) is 7.63. The first-order chi connectivity index (χ1) is 17.0. The Hall–Kier alpha value is -2.10. The van der Waals surface area contributed by atoms with Crippen LogP contribution < -0.4 is 9.47 Å². The Balaban J connectivity index is 1.43. The average molecular weight is 542 g/mol. The smallest absolute Gasteiger partial charge is 0.262 e. The van der Waals surface area contributed by atoms with Crippen molar-refractivity contribution in [1.82, 2.24) is 0 Å². The third-order valence-corrected chi connectivity index (χ3v) is 9.26. The van der Waals surface area contributed by atoms with E-state index in [2.05, 4.69) is 78.0 Å². The second kappa shape index (κ2) is 12.2. The highest BCUT2D eigenvalue weighted by Gasteiger charge is 2.24. The summed E-state index contributed by atoms with van der Waals surface area (Å²) < 4.78 is 20.7. The number of rotatable bonds is 9. The van der Waals surface area contributed by atoms with Crippen molar-refractivity contribution < 1.29 is 13.0 Å². The van der Waals surface area contributed by atoms with E-state index >= 15 is 0 Å². The van der Waals surface area contributed by atoms with Gasteiger partial charge in [-0.05, 0) is 50.3 Å². The highest BCUT2D eigenvalue weighted by molar-refractivity contribution is 8.03. The first-order valence-corrected chi connectivity index (χ1v) is 15.3. The highest BCUT2D eigenvalue weighted by Crippen LogP contribution is 2.46. The number of allylic oxidation sites excluding steroid dienone is 6. The molecule has 1 aliphatic rings. The second-order valence-corrected chi connectivity index (χ2v) is 12.1. The van der Waals surface area contributed by atoms with Gasteiger partial charge in [0, 0.05) is 62.5 Å². The molecule has 0 fully saturated rings. The molecule has 2 aromatic carbocycles. The fourth-order valence-electron chi connectivity index (χ4n) is 3.86. The zero-order valence-electron chi connectivity index (χ0n) is 20.3. The molecule has 0 bridgehead atoms. The molecule has 4 nitrogen and oxygen atoms in total. The Bertz CT molecular complexity index is 1350. The topological polar surface area (TPSA) is 33.4 Å². The summed E-state index contributed by atoms with van der Waals surface area (Å²) in [7, 11) is 0.719. The summed E-state index contributed by atoms with van der Waals surface area (Å²) in [5.41, 5.74) is 2.38. The van der Waals surface area contributed by atoms with Crippen molar-refractivity contribution in [2.45, 2.75) is 35.1 Å². The number of nitrogens with zero attached hydrogens (tertiary/aromatic N) is 2. The standard InChI is InChI=1S/C27H29N2O2S4/c1-5-28-22-18-20(34-31-3)14-16-24(22)32-26(28)12-10-8-7-9-11-13-27-29(6-2)23-19-21(35(4)30)15-17-25(23)33-27/h7-19H,5-6H2,1-4H3/q+1. The van der Waals surface area contributed by atoms with Gasteiger partial charge in [-0.2, -0.15) is 4.57 Å². The Kier molecular flexibility index (Phi) is 9.08. The van der Waals surface area contributed by atoms with Crippen LogP contribution in [0.3, 0.4) is 0 Å². The van der Waals surface area contributed by atoms with Crippen LogP contribution in [-0.2, 0) is 21.5 Å². The van der Waals surface area contributed by atoms with Crippen LogP contribution in [0.2, 0.25) is 0 Å². The fourth-order valence-corrected chi connectivity index (χ4v) is 7.11. The van der Waals surface area contributed by atoms with E-state index in [-0.39, 0.29) is 0 Å². The monoisotopic (exact) mass is 541 g/mol. The maximum absolute atomic E-state index is 11.9. The van der Waals surface area contributed by atoms with Crippen molar-refractivity contribution in [3.8, 4) is 0 Å². The van der Waals surface area contributed by atoms with Crippen molar-refractivity contribution in [1.29, 1.82) is 0 Å². The molecular weight excluding hydrogens is 513 g/mol. The van der Waals surface area contributed by atoms with Crippen LogP contribution in [0.25, 0.3) is 16.3 Å². The number of fused-ring (bicyclic) bond motifs is 2. The van der Waals surface area contributed by atoms with Crippen molar-refractivity contribution >= 4 is 67.9 Å². The van der Waals surface area contributed by atoms with Crippen LogP contribution in [0.1, 0.15) is 18.9 Å². The normalized spacial score (nSPS) is 16.0. The molecule has 0 aliphatic carbocycles. The summed E-state index contributed by atoms with van der Waals surface area (Å²) in [4.78, 5) is 5.46. The van der Waals surface area contributed by atoms with Gasteiger partial charge in [0.05, 0.1) is 17.8 Å². The van der Waals surface area contributed by atoms with E-state index in [0.29, 0.717) is 0 Å². The molecule has 182 valence electrons. The lowest BCUT2D eigenvalue weighted by Crippen LogP contribution is -2.33. The summed E-state index contributed by atoms with van der Waals surface area (Å²) in [6.07, 6.45) is 16.3. The molecule has 0 saturated heterocycles. The fraction of sp³-hybridized carbons (Fsp3) is 0.222. The number of benzene rings is 2. The average Bonchev–Trinajstić information content (AvgIpc) is 3.39. The summed E-state index contributed by atoms with van der Waals surface area (Å²) >= 11 is 4.94. The lowest BCUT2D eigenvalue weighted by Gasteiger charge is -2.18. The van der Waals surface area contributed by atoms with Crippen molar-refractivity contribution in [2.75, 3.05) is 24.8 Å². The van der Waals surface area contributed by atoms with Crippen LogP contribution >= 0.6 is 35.1 Å². The lowest BCUT2D eigenvalue weighted by molar-refractivity contribution is -0.665. The Morgan fingerprint density at radius 2 is 1.89 bits per heavy atom.